The third kappa shape index (κ3) is 1.66. The number of nitrogens with zero attached hydrogens (tertiary/aromatic N) is 1. The predicted octanol–water partition coefficient (Wildman–Crippen LogP) is 1.72. The standard InChI is InChI=1S/C15H14N2O2S/c18-14-11-7-17(6-9(11)5-16-14)15(19)12-8-20-13-4-2-1-3-10(12)13/h1-4,8-9,11H,5-7H2,(H,16,18)/t9-,11+/m0/s1. The molecule has 0 saturated carbocycles. The van der Waals surface area contributed by atoms with Gasteiger partial charge < -0.3 is 10.2 Å². The molecule has 1 aromatic heterocycles. The van der Waals surface area contributed by atoms with Crippen LogP contribution in [0.1, 0.15) is 10.4 Å². The molecule has 1 aromatic carbocycles. The maximum absolute atomic E-state index is 12.7. The first kappa shape index (κ1) is 11.9. The molecule has 1 N–H and O–H groups in total. The molecule has 0 unspecified atom stereocenters. The highest BCUT2D eigenvalue weighted by Gasteiger charge is 2.43. The van der Waals surface area contributed by atoms with E-state index in [0.29, 0.717) is 19.6 Å². The topological polar surface area (TPSA) is 49.4 Å². The fourth-order valence-corrected chi connectivity index (χ4v) is 4.15. The van der Waals surface area contributed by atoms with Gasteiger partial charge in [-0.2, -0.15) is 0 Å². The van der Waals surface area contributed by atoms with Crippen molar-refractivity contribution in [2.75, 3.05) is 19.6 Å². The normalized spacial score (nSPS) is 25.0. The number of thiophene rings is 1. The maximum Gasteiger partial charge on any atom is 0.255 e. The van der Waals surface area contributed by atoms with Crippen LogP contribution >= 0.6 is 11.3 Å². The van der Waals surface area contributed by atoms with E-state index < -0.39 is 0 Å². The van der Waals surface area contributed by atoms with Gasteiger partial charge in [-0.15, -0.1) is 11.3 Å². The summed E-state index contributed by atoms with van der Waals surface area (Å²) in [5.41, 5.74) is 0.769. The SMILES string of the molecule is O=C1NC[C@H]2CN(C(=O)c3csc4ccccc34)C[C@@H]12. The average molecular weight is 286 g/mol. The highest BCUT2D eigenvalue weighted by molar-refractivity contribution is 7.17. The maximum atomic E-state index is 12.7. The fraction of sp³-hybridized carbons (Fsp3) is 0.333. The van der Waals surface area contributed by atoms with E-state index >= 15 is 0 Å². The minimum absolute atomic E-state index is 0.0103. The molecule has 2 saturated heterocycles. The summed E-state index contributed by atoms with van der Waals surface area (Å²) in [7, 11) is 0. The lowest BCUT2D eigenvalue weighted by Gasteiger charge is -2.16. The zero-order valence-electron chi connectivity index (χ0n) is 10.8. The van der Waals surface area contributed by atoms with Crippen LogP contribution in [-0.2, 0) is 4.79 Å². The lowest BCUT2D eigenvalue weighted by molar-refractivity contribution is -0.122. The molecule has 2 aromatic rings. The molecular formula is C15H14N2O2S. The number of benzene rings is 1. The molecule has 2 fully saturated rings. The lowest BCUT2D eigenvalue weighted by Crippen LogP contribution is -2.33. The molecule has 0 radical (unpaired) electrons. The highest BCUT2D eigenvalue weighted by atomic mass is 32.1. The van der Waals surface area contributed by atoms with Crippen LogP contribution in [0.4, 0.5) is 0 Å². The van der Waals surface area contributed by atoms with Crippen LogP contribution in [-0.4, -0.2) is 36.3 Å². The van der Waals surface area contributed by atoms with Crippen molar-refractivity contribution in [2.45, 2.75) is 0 Å². The van der Waals surface area contributed by atoms with Crippen molar-refractivity contribution in [1.29, 1.82) is 0 Å². The highest BCUT2D eigenvalue weighted by Crippen LogP contribution is 2.31. The average Bonchev–Trinajstić information content (AvgIpc) is 3.14. The van der Waals surface area contributed by atoms with Gasteiger partial charge in [0.05, 0.1) is 11.5 Å². The van der Waals surface area contributed by atoms with Crippen LogP contribution in [0.5, 0.6) is 0 Å². The molecule has 102 valence electrons. The molecule has 2 aliphatic heterocycles. The van der Waals surface area contributed by atoms with E-state index in [4.69, 9.17) is 0 Å². The van der Waals surface area contributed by atoms with E-state index in [1.165, 1.54) is 0 Å². The minimum Gasteiger partial charge on any atom is -0.355 e. The largest absolute Gasteiger partial charge is 0.355 e. The third-order valence-electron chi connectivity index (χ3n) is 4.31. The van der Waals surface area contributed by atoms with Gasteiger partial charge in [0.2, 0.25) is 5.91 Å². The quantitative estimate of drug-likeness (QED) is 0.868. The van der Waals surface area contributed by atoms with Gasteiger partial charge in [-0.3, -0.25) is 9.59 Å². The molecule has 20 heavy (non-hydrogen) atoms. The Bertz CT molecular complexity index is 709. The fourth-order valence-electron chi connectivity index (χ4n) is 3.22. The first-order chi connectivity index (χ1) is 9.74. The summed E-state index contributed by atoms with van der Waals surface area (Å²) in [5.74, 6) is 0.435. The molecule has 0 bridgehead atoms. The Balaban J connectivity index is 1.64. The van der Waals surface area contributed by atoms with Crippen LogP contribution in [0.2, 0.25) is 0 Å². The van der Waals surface area contributed by atoms with E-state index in [-0.39, 0.29) is 23.7 Å². The Morgan fingerprint density at radius 3 is 3.00 bits per heavy atom. The molecule has 2 atom stereocenters. The molecule has 5 heteroatoms. The summed E-state index contributed by atoms with van der Waals surface area (Å²) in [6.07, 6.45) is 0. The Kier molecular flexibility index (Phi) is 2.57. The van der Waals surface area contributed by atoms with Gasteiger partial charge in [-0.25, -0.2) is 0 Å². The number of likely N-dealkylation sites (tertiary alicyclic amines) is 1. The Hall–Kier alpha value is -1.88. The smallest absolute Gasteiger partial charge is 0.255 e. The summed E-state index contributed by atoms with van der Waals surface area (Å²) < 4.78 is 1.13. The van der Waals surface area contributed by atoms with Gasteiger partial charge in [-0.1, -0.05) is 18.2 Å². The minimum atomic E-state index is -0.0103. The summed E-state index contributed by atoms with van der Waals surface area (Å²) in [6, 6.07) is 7.96. The van der Waals surface area contributed by atoms with Crippen LogP contribution in [0.15, 0.2) is 29.6 Å². The predicted molar refractivity (Wildman–Crippen MR) is 77.7 cm³/mol. The van der Waals surface area contributed by atoms with Gasteiger partial charge in [0.15, 0.2) is 0 Å². The van der Waals surface area contributed by atoms with Gasteiger partial charge in [0.25, 0.3) is 5.91 Å². The summed E-state index contributed by atoms with van der Waals surface area (Å²) in [6.45, 7) is 1.95. The lowest BCUT2D eigenvalue weighted by atomic mass is 10.0. The monoisotopic (exact) mass is 286 g/mol. The van der Waals surface area contributed by atoms with Crippen LogP contribution in [0.3, 0.4) is 0 Å². The number of hydrogen-bond donors (Lipinski definition) is 1. The van der Waals surface area contributed by atoms with Crippen molar-refractivity contribution in [3.8, 4) is 0 Å². The van der Waals surface area contributed by atoms with Crippen molar-refractivity contribution in [1.82, 2.24) is 10.2 Å². The Labute approximate surface area is 120 Å². The molecule has 2 aliphatic rings. The number of hydrogen-bond acceptors (Lipinski definition) is 3. The number of rotatable bonds is 1. The number of amides is 2. The van der Waals surface area contributed by atoms with Gasteiger partial charge in [0, 0.05) is 41.0 Å². The van der Waals surface area contributed by atoms with Gasteiger partial charge >= 0.3 is 0 Å². The number of carbonyl (C=O) groups is 2. The molecule has 4 rings (SSSR count). The van der Waals surface area contributed by atoms with Crippen molar-refractivity contribution < 1.29 is 9.59 Å². The first-order valence-electron chi connectivity index (χ1n) is 6.77. The molecule has 3 heterocycles. The van der Waals surface area contributed by atoms with E-state index in [1.54, 1.807) is 11.3 Å². The van der Waals surface area contributed by atoms with E-state index in [1.807, 2.05) is 34.5 Å². The number of fused-ring (bicyclic) bond motifs is 2. The molecular weight excluding hydrogens is 272 g/mol. The second kappa shape index (κ2) is 4.31. The zero-order valence-corrected chi connectivity index (χ0v) is 11.7. The van der Waals surface area contributed by atoms with Crippen LogP contribution in [0, 0.1) is 11.8 Å². The second-order valence-corrected chi connectivity index (χ2v) is 6.38. The first-order valence-corrected chi connectivity index (χ1v) is 7.65. The molecule has 4 nitrogen and oxygen atoms in total. The molecule has 0 spiro atoms. The van der Waals surface area contributed by atoms with E-state index in [9.17, 15) is 9.59 Å². The number of nitrogens with one attached hydrogen (secondary N) is 1. The van der Waals surface area contributed by atoms with Crippen molar-refractivity contribution >= 4 is 33.2 Å². The van der Waals surface area contributed by atoms with Crippen LogP contribution < -0.4 is 5.32 Å². The summed E-state index contributed by atoms with van der Waals surface area (Å²) in [5, 5.41) is 5.82. The van der Waals surface area contributed by atoms with Crippen molar-refractivity contribution in [2.24, 2.45) is 11.8 Å². The Morgan fingerprint density at radius 2 is 2.15 bits per heavy atom. The van der Waals surface area contributed by atoms with Gasteiger partial charge in [-0.05, 0) is 6.07 Å². The Morgan fingerprint density at radius 1 is 1.30 bits per heavy atom. The van der Waals surface area contributed by atoms with Crippen molar-refractivity contribution in [3.63, 3.8) is 0 Å². The summed E-state index contributed by atoms with van der Waals surface area (Å²) in [4.78, 5) is 26.2. The second-order valence-electron chi connectivity index (χ2n) is 5.47. The third-order valence-corrected chi connectivity index (χ3v) is 5.28. The van der Waals surface area contributed by atoms with Gasteiger partial charge in [0.1, 0.15) is 0 Å². The van der Waals surface area contributed by atoms with Crippen molar-refractivity contribution in [3.05, 3.63) is 35.2 Å². The summed E-state index contributed by atoms with van der Waals surface area (Å²) >= 11 is 1.60. The molecule has 0 aliphatic carbocycles. The zero-order chi connectivity index (χ0) is 13.7. The van der Waals surface area contributed by atoms with E-state index in [2.05, 4.69) is 5.32 Å². The molecule has 2 amide bonds. The van der Waals surface area contributed by atoms with Crippen LogP contribution in [0.25, 0.3) is 10.1 Å². The number of carbonyl (C=O) groups excluding carboxylic acids is 2. The van der Waals surface area contributed by atoms with E-state index in [0.717, 1.165) is 15.6 Å².